The van der Waals surface area contributed by atoms with Crippen LogP contribution < -0.4 is 5.73 Å². The second kappa shape index (κ2) is 3.35. The number of rotatable bonds is 2. The van der Waals surface area contributed by atoms with Gasteiger partial charge in [0.1, 0.15) is 6.17 Å². The molecule has 1 nitrogen and oxygen atoms in total. The fourth-order valence-electron chi connectivity index (χ4n) is 1.93. The number of halogens is 1. The third-order valence-corrected chi connectivity index (χ3v) is 3.19. The van der Waals surface area contributed by atoms with Crippen molar-refractivity contribution >= 4 is 0 Å². The minimum Gasteiger partial charge on any atom is -0.321 e. The highest BCUT2D eigenvalue weighted by molar-refractivity contribution is 5.30. The van der Waals surface area contributed by atoms with Gasteiger partial charge in [0.15, 0.2) is 0 Å². The van der Waals surface area contributed by atoms with Gasteiger partial charge in [0.2, 0.25) is 0 Å². The Morgan fingerprint density at radius 2 is 1.86 bits per heavy atom. The highest BCUT2D eigenvalue weighted by Crippen LogP contribution is 2.38. The monoisotopic (exact) mass is 193 g/mol. The molecule has 0 bridgehead atoms. The molecule has 1 saturated carbocycles. The summed E-state index contributed by atoms with van der Waals surface area (Å²) in [5, 5.41) is 0. The minimum atomic E-state index is -0.890. The van der Waals surface area contributed by atoms with Gasteiger partial charge in [-0.2, -0.15) is 0 Å². The van der Waals surface area contributed by atoms with Gasteiger partial charge < -0.3 is 5.73 Å². The van der Waals surface area contributed by atoms with E-state index in [-0.39, 0.29) is 5.54 Å². The van der Waals surface area contributed by atoms with Crippen LogP contribution in [0.15, 0.2) is 24.3 Å². The van der Waals surface area contributed by atoms with E-state index in [1.165, 1.54) is 6.42 Å². The van der Waals surface area contributed by atoms with Crippen molar-refractivity contribution in [2.45, 2.75) is 37.9 Å². The predicted molar refractivity (Wildman–Crippen MR) is 55.7 cm³/mol. The first-order valence-corrected chi connectivity index (χ1v) is 5.15. The molecule has 2 rings (SSSR count). The standard InChI is InChI=1S/C12H16FN/c1-9(13)10-3-5-11(6-4-10)12(14)7-2-8-12/h3-6,9H,2,7-8,14H2,1H3. The number of benzene rings is 1. The molecular weight excluding hydrogens is 177 g/mol. The lowest BCUT2D eigenvalue weighted by Gasteiger charge is -2.38. The maximum absolute atomic E-state index is 12.9. The summed E-state index contributed by atoms with van der Waals surface area (Å²) in [7, 11) is 0. The number of hydrogen-bond donors (Lipinski definition) is 1. The molecule has 0 amide bonds. The second-order valence-corrected chi connectivity index (χ2v) is 4.25. The molecule has 1 unspecified atom stereocenters. The van der Waals surface area contributed by atoms with Crippen LogP contribution >= 0.6 is 0 Å². The van der Waals surface area contributed by atoms with Crippen molar-refractivity contribution in [1.29, 1.82) is 0 Å². The van der Waals surface area contributed by atoms with Gasteiger partial charge in [-0.1, -0.05) is 24.3 Å². The summed E-state index contributed by atoms with van der Waals surface area (Å²) in [6.07, 6.45) is 2.42. The molecule has 1 fully saturated rings. The molecule has 0 aromatic heterocycles. The lowest BCUT2D eigenvalue weighted by Crippen LogP contribution is -2.43. The molecule has 0 aliphatic heterocycles. The zero-order chi connectivity index (χ0) is 10.2. The van der Waals surface area contributed by atoms with Crippen LogP contribution in [0.5, 0.6) is 0 Å². The van der Waals surface area contributed by atoms with Crippen molar-refractivity contribution in [3.05, 3.63) is 35.4 Å². The van der Waals surface area contributed by atoms with E-state index in [1.54, 1.807) is 6.92 Å². The molecule has 0 spiro atoms. The van der Waals surface area contributed by atoms with E-state index in [0.717, 1.165) is 24.0 Å². The first-order valence-electron chi connectivity index (χ1n) is 5.15. The molecule has 1 aliphatic carbocycles. The topological polar surface area (TPSA) is 26.0 Å². The van der Waals surface area contributed by atoms with E-state index in [1.807, 2.05) is 24.3 Å². The largest absolute Gasteiger partial charge is 0.321 e. The van der Waals surface area contributed by atoms with Crippen LogP contribution in [-0.4, -0.2) is 0 Å². The normalized spacial score (nSPS) is 21.4. The third-order valence-electron chi connectivity index (χ3n) is 3.19. The summed E-state index contributed by atoms with van der Waals surface area (Å²) >= 11 is 0. The van der Waals surface area contributed by atoms with E-state index in [2.05, 4.69) is 0 Å². The molecule has 1 aromatic rings. The van der Waals surface area contributed by atoms with Crippen LogP contribution in [-0.2, 0) is 5.54 Å². The summed E-state index contributed by atoms with van der Waals surface area (Å²) in [5.41, 5.74) is 7.91. The minimum absolute atomic E-state index is 0.127. The van der Waals surface area contributed by atoms with Gasteiger partial charge in [-0.3, -0.25) is 0 Å². The average Bonchev–Trinajstić information content (AvgIpc) is 2.14. The predicted octanol–water partition coefficient (Wildman–Crippen LogP) is 3.06. The average molecular weight is 193 g/mol. The smallest absolute Gasteiger partial charge is 0.122 e. The van der Waals surface area contributed by atoms with Gasteiger partial charge in [-0.05, 0) is 37.3 Å². The van der Waals surface area contributed by atoms with Crippen molar-refractivity contribution < 1.29 is 4.39 Å². The Kier molecular flexibility index (Phi) is 2.31. The van der Waals surface area contributed by atoms with Crippen LogP contribution in [0, 0.1) is 0 Å². The molecule has 1 atom stereocenters. The first kappa shape index (κ1) is 9.66. The quantitative estimate of drug-likeness (QED) is 0.767. The van der Waals surface area contributed by atoms with Crippen molar-refractivity contribution in [2.24, 2.45) is 5.73 Å². The lowest BCUT2D eigenvalue weighted by atomic mass is 9.72. The van der Waals surface area contributed by atoms with E-state index in [9.17, 15) is 4.39 Å². The molecular formula is C12H16FN. The van der Waals surface area contributed by atoms with Gasteiger partial charge in [0.25, 0.3) is 0 Å². The first-order chi connectivity index (χ1) is 6.62. The number of nitrogens with two attached hydrogens (primary N) is 1. The molecule has 76 valence electrons. The van der Waals surface area contributed by atoms with Gasteiger partial charge >= 0.3 is 0 Å². The Hall–Kier alpha value is -0.890. The lowest BCUT2D eigenvalue weighted by molar-refractivity contribution is 0.253. The molecule has 0 saturated heterocycles. The summed E-state index contributed by atoms with van der Waals surface area (Å²) in [4.78, 5) is 0. The van der Waals surface area contributed by atoms with Gasteiger partial charge in [-0.15, -0.1) is 0 Å². The fraction of sp³-hybridized carbons (Fsp3) is 0.500. The fourth-order valence-corrected chi connectivity index (χ4v) is 1.93. The SMILES string of the molecule is CC(F)c1ccc(C2(N)CCC2)cc1. The van der Waals surface area contributed by atoms with E-state index < -0.39 is 6.17 Å². The molecule has 0 radical (unpaired) electrons. The van der Waals surface area contributed by atoms with Gasteiger partial charge in [0, 0.05) is 5.54 Å². The Balaban J connectivity index is 2.21. The molecule has 1 aromatic carbocycles. The van der Waals surface area contributed by atoms with Crippen molar-refractivity contribution in [3.8, 4) is 0 Å². The molecule has 0 heterocycles. The number of hydrogen-bond acceptors (Lipinski definition) is 1. The van der Waals surface area contributed by atoms with Crippen molar-refractivity contribution in [2.75, 3.05) is 0 Å². The highest BCUT2D eigenvalue weighted by Gasteiger charge is 2.33. The van der Waals surface area contributed by atoms with Crippen LogP contribution in [0.25, 0.3) is 0 Å². The van der Waals surface area contributed by atoms with Crippen LogP contribution in [0.3, 0.4) is 0 Å². The van der Waals surface area contributed by atoms with Crippen LogP contribution in [0.1, 0.15) is 43.5 Å². The Morgan fingerprint density at radius 3 is 2.21 bits per heavy atom. The third kappa shape index (κ3) is 1.55. The highest BCUT2D eigenvalue weighted by atomic mass is 19.1. The second-order valence-electron chi connectivity index (χ2n) is 4.25. The molecule has 2 N–H and O–H groups in total. The van der Waals surface area contributed by atoms with Crippen molar-refractivity contribution in [3.63, 3.8) is 0 Å². The van der Waals surface area contributed by atoms with Crippen LogP contribution in [0.2, 0.25) is 0 Å². The van der Waals surface area contributed by atoms with E-state index in [0.29, 0.717) is 0 Å². The molecule has 1 aliphatic rings. The van der Waals surface area contributed by atoms with Gasteiger partial charge in [0.05, 0.1) is 0 Å². The zero-order valence-corrected chi connectivity index (χ0v) is 8.46. The van der Waals surface area contributed by atoms with Gasteiger partial charge in [-0.25, -0.2) is 4.39 Å². The van der Waals surface area contributed by atoms with Crippen molar-refractivity contribution in [1.82, 2.24) is 0 Å². The molecule has 14 heavy (non-hydrogen) atoms. The maximum atomic E-state index is 12.9. The Labute approximate surface area is 84.1 Å². The summed E-state index contributed by atoms with van der Waals surface area (Å²) in [6.45, 7) is 1.55. The Morgan fingerprint density at radius 1 is 1.29 bits per heavy atom. The zero-order valence-electron chi connectivity index (χ0n) is 8.46. The number of alkyl halides is 1. The summed E-state index contributed by atoms with van der Waals surface area (Å²) in [6, 6.07) is 7.61. The molecule has 2 heteroatoms. The summed E-state index contributed by atoms with van der Waals surface area (Å²) in [5.74, 6) is 0. The van der Waals surface area contributed by atoms with E-state index in [4.69, 9.17) is 5.73 Å². The summed E-state index contributed by atoms with van der Waals surface area (Å²) < 4.78 is 12.9. The Bertz CT molecular complexity index is 312. The maximum Gasteiger partial charge on any atom is 0.122 e. The van der Waals surface area contributed by atoms with Crippen LogP contribution in [0.4, 0.5) is 4.39 Å². The van der Waals surface area contributed by atoms with E-state index >= 15 is 0 Å².